The van der Waals surface area contributed by atoms with Gasteiger partial charge in [-0.15, -0.1) is 0 Å². The number of hydrogen-bond donors (Lipinski definition) is 0. The van der Waals surface area contributed by atoms with Crippen molar-refractivity contribution in [2.45, 2.75) is 26.8 Å². The molecule has 0 radical (unpaired) electrons. The standard InChI is InChI=1S/C28H31NP2/c1-5-16-25(17-6-2)30(26-18-10-7-11-19-26)29(24(3)4)31(27-20-12-8-13-21-27)28-22-14-9-15-23-28/h5-24H,1H2,2-4H3/b17-6-,25-16+. The average molecular weight is 444 g/mol. The minimum atomic E-state index is -0.755. The molecule has 0 aliphatic carbocycles. The van der Waals surface area contributed by atoms with Crippen LogP contribution in [0.4, 0.5) is 0 Å². The molecule has 31 heavy (non-hydrogen) atoms. The predicted octanol–water partition coefficient (Wildman–Crippen LogP) is 7.11. The van der Waals surface area contributed by atoms with Crippen LogP contribution in [0.1, 0.15) is 20.8 Å². The third kappa shape index (κ3) is 5.90. The van der Waals surface area contributed by atoms with Crippen molar-refractivity contribution in [3.63, 3.8) is 0 Å². The van der Waals surface area contributed by atoms with E-state index in [1.54, 1.807) is 0 Å². The molecule has 0 bridgehead atoms. The normalized spacial score (nSPS) is 13.3. The maximum atomic E-state index is 4.01. The summed E-state index contributed by atoms with van der Waals surface area (Å²) in [5.74, 6) is 0. The summed E-state index contributed by atoms with van der Waals surface area (Å²) in [5, 5.41) is 5.42. The molecule has 0 aromatic heterocycles. The first-order valence-electron chi connectivity index (χ1n) is 10.7. The highest BCUT2D eigenvalue weighted by molar-refractivity contribution is 7.83. The van der Waals surface area contributed by atoms with Gasteiger partial charge in [0.1, 0.15) is 0 Å². The molecule has 0 heterocycles. The molecule has 1 unspecified atom stereocenters. The van der Waals surface area contributed by atoms with Gasteiger partial charge in [-0.25, -0.2) is 4.44 Å². The topological polar surface area (TPSA) is 3.24 Å². The van der Waals surface area contributed by atoms with Gasteiger partial charge in [0.25, 0.3) is 0 Å². The van der Waals surface area contributed by atoms with Crippen LogP contribution in [0.2, 0.25) is 0 Å². The zero-order valence-corrected chi connectivity index (χ0v) is 20.4. The Hall–Kier alpha value is -2.30. The Bertz CT molecular complexity index is 955. The fraction of sp³-hybridized carbons (Fsp3) is 0.143. The fourth-order valence-electron chi connectivity index (χ4n) is 3.52. The van der Waals surface area contributed by atoms with E-state index in [2.05, 4.69) is 141 Å². The second-order valence-corrected chi connectivity index (χ2v) is 11.9. The predicted molar refractivity (Wildman–Crippen MR) is 142 cm³/mol. The fourth-order valence-corrected chi connectivity index (χ4v) is 9.84. The Morgan fingerprint density at radius 2 is 1.23 bits per heavy atom. The van der Waals surface area contributed by atoms with Gasteiger partial charge >= 0.3 is 0 Å². The van der Waals surface area contributed by atoms with Gasteiger partial charge < -0.3 is 0 Å². The van der Waals surface area contributed by atoms with Crippen molar-refractivity contribution < 1.29 is 0 Å². The van der Waals surface area contributed by atoms with E-state index in [0.29, 0.717) is 6.04 Å². The first kappa shape index (κ1) is 23.4. The van der Waals surface area contributed by atoms with E-state index < -0.39 is 16.1 Å². The number of hydrogen-bond acceptors (Lipinski definition) is 1. The summed E-state index contributed by atoms with van der Waals surface area (Å²) in [4.78, 5) is 0. The van der Waals surface area contributed by atoms with Crippen molar-refractivity contribution in [1.29, 1.82) is 0 Å². The molecule has 0 amide bonds. The summed E-state index contributed by atoms with van der Waals surface area (Å²) in [5.41, 5.74) is 0. The minimum absolute atomic E-state index is 0.358. The van der Waals surface area contributed by atoms with E-state index in [0.717, 1.165) is 0 Å². The third-order valence-corrected chi connectivity index (χ3v) is 10.7. The van der Waals surface area contributed by atoms with Crippen molar-refractivity contribution in [2.75, 3.05) is 0 Å². The van der Waals surface area contributed by atoms with Crippen molar-refractivity contribution in [3.8, 4) is 0 Å². The molecule has 1 atom stereocenters. The van der Waals surface area contributed by atoms with Crippen LogP contribution in [-0.4, -0.2) is 10.5 Å². The van der Waals surface area contributed by atoms with Crippen molar-refractivity contribution in [3.05, 3.63) is 127 Å². The molecule has 0 fully saturated rings. The quantitative estimate of drug-likeness (QED) is 0.252. The Morgan fingerprint density at radius 3 is 1.61 bits per heavy atom. The van der Waals surface area contributed by atoms with Crippen LogP contribution in [0.3, 0.4) is 0 Å². The lowest BCUT2D eigenvalue weighted by atomic mass is 10.4. The van der Waals surface area contributed by atoms with E-state index >= 15 is 0 Å². The highest BCUT2D eigenvalue weighted by Gasteiger charge is 2.33. The van der Waals surface area contributed by atoms with Gasteiger partial charge in [0.15, 0.2) is 0 Å². The lowest BCUT2D eigenvalue weighted by molar-refractivity contribution is 0.582. The van der Waals surface area contributed by atoms with Crippen molar-refractivity contribution in [2.24, 2.45) is 0 Å². The first-order chi connectivity index (χ1) is 15.2. The maximum absolute atomic E-state index is 4.01. The van der Waals surface area contributed by atoms with Crippen LogP contribution in [0, 0.1) is 0 Å². The molecule has 3 rings (SSSR count). The second kappa shape index (κ2) is 11.9. The molecule has 0 N–H and O–H groups in total. The Morgan fingerprint density at radius 1 is 0.774 bits per heavy atom. The summed E-state index contributed by atoms with van der Waals surface area (Å²) in [6.07, 6.45) is 8.48. The lowest BCUT2D eigenvalue weighted by Crippen LogP contribution is -2.33. The summed E-state index contributed by atoms with van der Waals surface area (Å²) >= 11 is 0. The van der Waals surface area contributed by atoms with Gasteiger partial charge in [-0.2, -0.15) is 0 Å². The molecule has 0 aliphatic heterocycles. The summed E-state index contributed by atoms with van der Waals surface area (Å²) < 4.78 is 2.75. The van der Waals surface area contributed by atoms with Crippen LogP contribution in [0.15, 0.2) is 127 Å². The SMILES string of the molecule is C=C/C=C(\C=C/C)P(c1ccccc1)N(C(C)C)P(c1ccccc1)c1ccccc1. The zero-order valence-electron chi connectivity index (χ0n) is 18.6. The average Bonchev–Trinajstić information content (AvgIpc) is 2.81. The smallest absolute Gasteiger partial charge is 0.0325 e. The van der Waals surface area contributed by atoms with E-state index in [4.69, 9.17) is 0 Å². The number of allylic oxidation sites excluding steroid dienone is 5. The number of rotatable bonds is 9. The molecule has 1 nitrogen and oxygen atoms in total. The van der Waals surface area contributed by atoms with Gasteiger partial charge in [0.2, 0.25) is 0 Å². The Kier molecular flexibility index (Phi) is 8.98. The second-order valence-electron chi connectivity index (χ2n) is 7.37. The number of nitrogens with zero attached hydrogens (tertiary/aromatic N) is 1. The molecule has 0 aliphatic rings. The summed E-state index contributed by atoms with van der Waals surface area (Å²) in [7, 11) is -1.47. The van der Waals surface area contributed by atoms with Crippen LogP contribution in [0.5, 0.6) is 0 Å². The highest BCUT2D eigenvalue weighted by Crippen LogP contribution is 2.60. The highest BCUT2D eigenvalue weighted by atomic mass is 31.2. The third-order valence-electron chi connectivity index (χ3n) is 4.74. The van der Waals surface area contributed by atoms with Gasteiger partial charge in [-0.3, -0.25) is 0 Å². The molecule has 158 valence electrons. The zero-order chi connectivity index (χ0) is 22.1. The van der Waals surface area contributed by atoms with Crippen LogP contribution < -0.4 is 15.9 Å². The van der Waals surface area contributed by atoms with Crippen molar-refractivity contribution >= 4 is 32.1 Å². The maximum Gasteiger partial charge on any atom is 0.0325 e. The van der Waals surface area contributed by atoms with Gasteiger partial charge in [0, 0.05) is 22.2 Å². The lowest BCUT2D eigenvalue weighted by Gasteiger charge is -2.42. The van der Waals surface area contributed by atoms with E-state index in [1.807, 2.05) is 6.08 Å². The largest absolute Gasteiger partial charge is 0.242 e. The van der Waals surface area contributed by atoms with E-state index in [1.165, 1.54) is 21.2 Å². The van der Waals surface area contributed by atoms with Crippen LogP contribution >= 0.6 is 16.1 Å². The molecular weight excluding hydrogens is 412 g/mol. The monoisotopic (exact) mass is 443 g/mol. The molecule has 0 spiro atoms. The van der Waals surface area contributed by atoms with E-state index in [-0.39, 0.29) is 0 Å². The number of benzene rings is 3. The molecular formula is C28H31NP2. The van der Waals surface area contributed by atoms with Gasteiger partial charge in [0.05, 0.1) is 0 Å². The molecule has 0 saturated carbocycles. The Balaban J connectivity index is 2.27. The molecule has 3 aromatic rings. The van der Waals surface area contributed by atoms with Crippen LogP contribution in [-0.2, 0) is 0 Å². The Labute approximate surface area is 190 Å². The van der Waals surface area contributed by atoms with Crippen LogP contribution in [0.25, 0.3) is 0 Å². The van der Waals surface area contributed by atoms with Crippen molar-refractivity contribution in [1.82, 2.24) is 4.44 Å². The summed E-state index contributed by atoms with van der Waals surface area (Å²) in [6.45, 7) is 10.7. The van der Waals surface area contributed by atoms with E-state index in [9.17, 15) is 0 Å². The first-order valence-corrected chi connectivity index (χ1v) is 13.3. The summed E-state index contributed by atoms with van der Waals surface area (Å²) in [6, 6.07) is 33.2. The molecule has 3 heteroatoms. The van der Waals surface area contributed by atoms with Gasteiger partial charge in [-0.1, -0.05) is 122 Å². The minimum Gasteiger partial charge on any atom is -0.242 e. The molecule has 0 saturated heterocycles. The van der Waals surface area contributed by atoms with Gasteiger partial charge in [-0.05, 0) is 42.0 Å². The molecule has 3 aromatic carbocycles.